The maximum atomic E-state index is 8.78. The van der Waals surface area contributed by atoms with Crippen LogP contribution in [0.15, 0.2) is 24.3 Å². The van der Waals surface area contributed by atoms with E-state index in [0.717, 1.165) is 24.6 Å². The Morgan fingerprint density at radius 3 is 2.69 bits per heavy atom. The highest BCUT2D eigenvalue weighted by Gasteiger charge is 2.02. The molecule has 1 aromatic carbocycles. The fourth-order valence-corrected chi connectivity index (χ4v) is 1.75. The van der Waals surface area contributed by atoms with E-state index in [0.29, 0.717) is 0 Å². The second-order valence-electron chi connectivity index (χ2n) is 4.13. The van der Waals surface area contributed by atoms with Gasteiger partial charge >= 0.3 is 0 Å². The second-order valence-corrected chi connectivity index (χ2v) is 4.13. The Kier molecular flexibility index (Phi) is 5.60. The van der Waals surface area contributed by atoms with E-state index in [9.17, 15) is 0 Å². The number of hydrogen-bond donors (Lipinski definition) is 1. The van der Waals surface area contributed by atoms with Crippen LogP contribution in [0.5, 0.6) is 0 Å². The number of nitrogens with one attached hydrogen (secondary N) is 1. The summed E-state index contributed by atoms with van der Waals surface area (Å²) < 4.78 is 0. The third-order valence-corrected chi connectivity index (χ3v) is 2.97. The van der Waals surface area contributed by atoms with Crippen molar-refractivity contribution in [3.63, 3.8) is 0 Å². The average molecular weight is 216 g/mol. The number of nitrogens with zero attached hydrogens (tertiary/aromatic N) is 1. The van der Waals surface area contributed by atoms with Crippen LogP contribution in [0.2, 0.25) is 0 Å². The molecular weight excluding hydrogens is 196 g/mol. The zero-order valence-electron chi connectivity index (χ0n) is 10.2. The minimum absolute atomic E-state index is 0.738. The van der Waals surface area contributed by atoms with Crippen molar-refractivity contribution in [2.45, 2.75) is 33.2 Å². The SMILES string of the molecule is CCC(CC)CNCc1cccc(C#N)c1. The molecule has 0 radical (unpaired) electrons. The zero-order valence-corrected chi connectivity index (χ0v) is 10.2. The average Bonchev–Trinajstić information content (AvgIpc) is 2.35. The summed E-state index contributed by atoms with van der Waals surface area (Å²) >= 11 is 0. The van der Waals surface area contributed by atoms with E-state index in [-0.39, 0.29) is 0 Å². The van der Waals surface area contributed by atoms with E-state index in [1.165, 1.54) is 18.4 Å². The lowest BCUT2D eigenvalue weighted by Gasteiger charge is -2.13. The highest BCUT2D eigenvalue weighted by molar-refractivity contribution is 5.32. The monoisotopic (exact) mass is 216 g/mol. The van der Waals surface area contributed by atoms with Crippen molar-refractivity contribution in [1.29, 1.82) is 5.26 Å². The number of nitriles is 1. The van der Waals surface area contributed by atoms with Crippen molar-refractivity contribution in [1.82, 2.24) is 5.32 Å². The summed E-state index contributed by atoms with van der Waals surface area (Å²) in [6.07, 6.45) is 2.45. The summed E-state index contributed by atoms with van der Waals surface area (Å²) in [4.78, 5) is 0. The first-order valence-corrected chi connectivity index (χ1v) is 5.99. The minimum Gasteiger partial charge on any atom is -0.312 e. The van der Waals surface area contributed by atoms with Gasteiger partial charge in [-0.2, -0.15) is 5.26 Å². The van der Waals surface area contributed by atoms with E-state index in [1.807, 2.05) is 18.2 Å². The number of rotatable bonds is 6. The Morgan fingerprint density at radius 2 is 2.06 bits per heavy atom. The standard InChI is InChI=1S/C14H20N2/c1-3-12(4-2)10-16-11-14-7-5-6-13(8-14)9-15/h5-8,12,16H,3-4,10-11H2,1-2H3. The van der Waals surface area contributed by atoms with E-state index < -0.39 is 0 Å². The molecule has 0 aliphatic heterocycles. The van der Waals surface area contributed by atoms with Crippen LogP contribution < -0.4 is 5.32 Å². The van der Waals surface area contributed by atoms with Gasteiger partial charge in [-0.1, -0.05) is 38.8 Å². The van der Waals surface area contributed by atoms with Gasteiger partial charge in [0.05, 0.1) is 11.6 Å². The molecular formula is C14H20N2. The summed E-state index contributed by atoms with van der Waals surface area (Å²) in [6.45, 7) is 6.37. The van der Waals surface area contributed by atoms with Crippen LogP contribution in [0.25, 0.3) is 0 Å². The molecule has 0 atom stereocenters. The quantitative estimate of drug-likeness (QED) is 0.793. The lowest BCUT2D eigenvalue weighted by atomic mass is 10.0. The maximum absolute atomic E-state index is 8.78. The molecule has 2 nitrogen and oxygen atoms in total. The van der Waals surface area contributed by atoms with Crippen LogP contribution in [-0.4, -0.2) is 6.54 Å². The summed E-state index contributed by atoms with van der Waals surface area (Å²) in [5.74, 6) is 0.763. The van der Waals surface area contributed by atoms with Gasteiger partial charge in [0.15, 0.2) is 0 Å². The van der Waals surface area contributed by atoms with Crippen molar-refractivity contribution in [2.24, 2.45) is 5.92 Å². The predicted molar refractivity (Wildman–Crippen MR) is 66.9 cm³/mol. The van der Waals surface area contributed by atoms with Crippen molar-refractivity contribution in [3.8, 4) is 6.07 Å². The summed E-state index contributed by atoms with van der Waals surface area (Å²) in [7, 11) is 0. The topological polar surface area (TPSA) is 35.8 Å². The van der Waals surface area contributed by atoms with Crippen LogP contribution in [-0.2, 0) is 6.54 Å². The van der Waals surface area contributed by atoms with Crippen LogP contribution in [0.4, 0.5) is 0 Å². The molecule has 0 aromatic heterocycles. The Morgan fingerprint density at radius 1 is 1.31 bits per heavy atom. The van der Waals surface area contributed by atoms with Gasteiger partial charge < -0.3 is 5.32 Å². The van der Waals surface area contributed by atoms with Gasteiger partial charge in [0, 0.05) is 6.54 Å². The van der Waals surface area contributed by atoms with E-state index in [4.69, 9.17) is 5.26 Å². The second kappa shape index (κ2) is 7.03. The molecule has 0 saturated carbocycles. The van der Waals surface area contributed by atoms with E-state index >= 15 is 0 Å². The molecule has 0 bridgehead atoms. The Bertz CT molecular complexity index is 348. The molecule has 86 valence electrons. The maximum Gasteiger partial charge on any atom is 0.0991 e. The Balaban J connectivity index is 2.40. The van der Waals surface area contributed by atoms with Gasteiger partial charge in [-0.3, -0.25) is 0 Å². The third kappa shape index (κ3) is 4.04. The normalized spacial score (nSPS) is 10.4. The van der Waals surface area contributed by atoms with Gasteiger partial charge in [0.1, 0.15) is 0 Å². The minimum atomic E-state index is 0.738. The first-order valence-electron chi connectivity index (χ1n) is 5.99. The molecule has 0 fully saturated rings. The number of hydrogen-bond acceptors (Lipinski definition) is 2. The van der Waals surface area contributed by atoms with E-state index in [2.05, 4.69) is 31.3 Å². The highest BCUT2D eigenvalue weighted by atomic mass is 14.9. The van der Waals surface area contributed by atoms with Crippen molar-refractivity contribution in [2.75, 3.05) is 6.54 Å². The van der Waals surface area contributed by atoms with E-state index in [1.54, 1.807) is 0 Å². The van der Waals surface area contributed by atoms with Gasteiger partial charge in [0.2, 0.25) is 0 Å². The summed E-state index contributed by atoms with van der Waals surface area (Å²) in [5.41, 5.74) is 1.92. The molecule has 0 heterocycles. The Hall–Kier alpha value is -1.33. The summed E-state index contributed by atoms with van der Waals surface area (Å²) in [6, 6.07) is 9.94. The molecule has 1 aromatic rings. The lowest BCUT2D eigenvalue weighted by molar-refractivity contribution is 0.449. The third-order valence-electron chi connectivity index (χ3n) is 2.97. The molecule has 0 aliphatic carbocycles. The number of benzene rings is 1. The molecule has 1 N–H and O–H groups in total. The zero-order chi connectivity index (χ0) is 11.8. The van der Waals surface area contributed by atoms with Crippen molar-refractivity contribution >= 4 is 0 Å². The predicted octanol–water partition coefficient (Wildman–Crippen LogP) is 3.08. The smallest absolute Gasteiger partial charge is 0.0991 e. The van der Waals surface area contributed by atoms with Crippen LogP contribution in [0.1, 0.15) is 37.8 Å². The molecule has 16 heavy (non-hydrogen) atoms. The van der Waals surface area contributed by atoms with Crippen LogP contribution in [0.3, 0.4) is 0 Å². The molecule has 1 rings (SSSR count). The lowest BCUT2D eigenvalue weighted by Crippen LogP contribution is -2.21. The molecule has 0 saturated heterocycles. The van der Waals surface area contributed by atoms with Gasteiger partial charge in [-0.15, -0.1) is 0 Å². The van der Waals surface area contributed by atoms with Gasteiger partial charge in [0.25, 0.3) is 0 Å². The fourth-order valence-electron chi connectivity index (χ4n) is 1.75. The van der Waals surface area contributed by atoms with Crippen LogP contribution in [0, 0.1) is 17.2 Å². The molecule has 0 amide bonds. The van der Waals surface area contributed by atoms with Crippen molar-refractivity contribution in [3.05, 3.63) is 35.4 Å². The Labute approximate surface area is 98.3 Å². The highest BCUT2D eigenvalue weighted by Crippen LogP contribution is 2.07. The molecule has 2 heteroatoms. The van der Waals surface area contributed by atoms with Gasteiger partial charge in [-0.25, -0.2) is 0 Å². The first-order chi connectivity index (χ1) is 7.80. The molecule has 0 spiro atoms. The molecule has 0 aliphatic rings. The summed E-state index contributed by atoms with van der Waals surface area (Å²) in [5, 5.41) is 12.2. The fraction of sp³-hybridized carbons (Fsp3) is 0.500. The molecule has 0 unspecified atom stereocenters. The van der Waals surface area contributed by atoms with Crippen LogP contribution >= 0.6 is 0 Å². The van der Waals surface area contributed by atoms with Gasteiger partial charge in [-0.05, 0) is 30.2 Å². The largest absolute Gasteiger partial charge is 0.312 e. The van der Waals surface area contributed by atoms with Crippen molar-refractivity contribution < 1.29 is 0 Å². The first kappa shape index (κ1) is 12.7.